The first-order valence-corrected chi connectivity index (χ1v) is 13.4. The summed E-state index contributed by atoms with van der Waals surface area (Å²) in [5, 5.41) is 10.4. The van der Waals surface area contributed by atoms with Gasteiger partial charge in [-0.3, -0.25) is 4.98 Å². The van der Waals surface area contributed by atoms with E-state index in [0.29, 0.717) is 18.4 Å². The van der Waals surface area contributed by atoms with E-state index in [1.807, 2.05) is 41.2 Å². The summed E-state index contributed by atoms with van der Waals surface area (Å²) in [6.07, 6.45) is 6.08. The highest BCUT2D eigenvalue weighted by Crippen LogP contribution is 2.31. The van der Waals surface area contributed by atoms with Gasteiger partial charge in [-0.05, 0) is 53.8 Å². The molecule has 8 heteroatoms. The molecule has 3 aromatic heterocycles. The highest BCUT2D eigenvalue weighted by atomic mass is 15.4. The average Bonchev–Trinajstić information content (AvgIpc) is 3.36. The van der Waals surface area contributed by atoms with Crippen LogP contribution in [0.15, 0.2) is 60.9 Å². The lowest BCUT2D eigenvalue weighted by molar-refractivity contribution is 0.434. The van der Waals surface area contributed by atoms with Crippen LogP contribution in [0.1, 0.15) is 50.7 Å². The number of nitrogens with two attached hydrogens (primary N) is 1. The fourth-order valence-electron chi connectivity index (χ4n) is 5.25. The van der Waals surface area contributed by atoms with Crippen molar-refractivity contribution in [3.05, 3.63) is 72.1 Å². The minimum atomic E-state index is 0.316. The Morgan fingerprint density at radius 3 is 2.68 bits per heavy atom. The molecular formula is C30H34N8. The van der Waals surface area contributed by atoms with Crippen molar-refractivity contribution in [2.24, 2.45) is 5.92 Å². The van der Waals surface area contributed by atoms with Crippen LogP contribution in [0.4, 0.5) is 17.6 Å². The summed E-state index contributed by atoms with van der Waals surface area (Å²) in [7, 11) is 0. The van der Waals surface area contributed by atoms with Gasteiger partial charge in [-0.25, -0.2) is 0 Å². The number of hydrogen-bond donors (Lipinski definition) is 2. The Labute approximate surface area is 222 Å². The maximum atomic E-state index is 6.04. The molecule has 2 aromatic carbocycles. The molecule has 0 amide bonds. The number of rotatable bonds is 6. The summed E-state index contributed by atoms with van der Waals surface area (Å²) in [6.45, 7) is 9.19. The monoisotopic (exact) mass is 506 g/mol. The topological polar surface area (TPSA) is 97.3 Å². The zero-order valence-electron chi connectivity index (χ0n) is 22.2. The number of aromatic nitrogens is 5. The van der Waals surface area contributed by atoms with Crippen molar-refractivity contribution < 1.29 is 0 Å². The Kier molecular flexibility index (Phi) is 6.31. The number of piperidine rings is 1. The first kappa shape index (κ1) is 24.2. The van der Waals surface area contributed by atoms with Crippen molar-refractivity contribution in [1.29, 1.82) is 0 Å². The average molecular weight is 507 g/mol. The van der Waals surface area contributed by atoms with E-state index < -0.39 is 0 Å². The quantitative estimate of drug-likeness (QED) is 0.277. The third-order valence-corrected chi connectivity index (χ3v) is 7.57. The van der Waals surface area contributed by atoms with E-state index in [9.17, 15) is 0 Å². The molecule has 0 bridgehead atoms. The van der Waals surface area contributed by atoms with Gasteiger partial charge in [0.2, 0.25) is 11.9 Å². The molecule has 1 aliphatic heterocycles. The number of anilines is 3. The van der Waals surface area contributed by atoms with Crippen molar-refractivity contribution in [1.82, 2.24) is 24.6 Å². The number of nitrogen functional groups attached to an aromatic ring is 1. The zero-order chi connectivity index (χ0) is 26.2. The Morgan fingerprint density at radius 2 is 1.87 bits per heavy atom. The van der Waals surface area contributed by atoms with Gasteiger partial charge in [-0.2, -0.15) is 19.6 Å². The minimum absolute atomic E-state index is 0.316. The Morgan fingerprint density at radius 1 is 1.05 bits per heavy atom. The number of fused-ring (bicyclic) bond motifs is 2. The van der Waals surface area contributed by atoms with Crippen molar-refractivity contribution in [3.63, 3.8) is 0 Å². The molecule has 0 saturated carbocycles. The lowest BCUT2D eigenvalue weighted by Crippen LogP contribution is -2.34. The van der Waals surface area contributed by atoms with Gasteiger partial charge in [0, 0.05) is 48.0 Å². The van der Waals surface area contributed by atoms with Crippen LogP contribution in [-0.4, -0.2) is 37.7 Å². The predicted octanol–water partition coefficient (Wildman–Crippen LogP) is 5.89. The van der Waals surface area contributed by atoms with Gasteiger partial charge in [0.25, 0.3) is 0 Å². The van der Waals surface area contributed by atoms with E-state index >= 15 is 0 Å². The Balaban J connectivity index is 1.37. The van der Waals surface area contributed by atoms with E-state index in [1.54, 1.807) is 0 Å². The van der Waals surface area contributed by atoms with Gasteiger partial charge in [0.05, 0.1) is 11.9 Å². The number of pyridine rings is 1. The first-order chi connectivity index (χ1) is 18.5. The lowest BCUT2D eigenvalue weighted by Gasteiger charge is -2.30. The molecule has 4 heterocycles. The standard InChI is InChI=1S/C30H34N8/c1-19(2)26-18-34-38-28(26)35-30(37-14-11-20(3)12-15-37)36-29(38)33-17-22-6-4-5-7-24(22)27-25-9-8-23(31)16-21(25)10-13-32-27/h4-10,13,16,18-20H,11-12,14-15,17,31H2,1-3H3,(H,33,35,36). The van der Waals surface area contributed by atoms with Crippen LogP contribution in [0.5, 0.6) is 0 Å². The van der Waals surface area contributed by atoms with Gasteiger partial charge in [-0.15, -0.1) is 0 Å². The van der Waals surface area contributed by atoms with E-state index in [4.69, 9.17) is 20.7 Å². The van der Waals surface area contributed by atoms with Crippen LogP contribution in [-0.2, 0) is 6.54 Å². The predicted molar refractivity (Wildman–Crippen MR) is 154 cm³/mol. The summed E-state index contributed by atoms with van der Waals surface area (Å²) in [6, 6.07) is 16.3. The van der Waals surface area contributed by atoms with E-state index in [2.05, 4.69) is 60.4 Å². The molecule has 1 saturated heterocycles. The number of nitrogens with zero attached hydrogens (tertiary/aromatic N) is 6. The molecule has 6 rings (SSSR count). The third-order valence-electron chi connectivity index (χ3n) is 7.57. The van der Waals surface area contributed by atoms with Crippen LogP contribution < -0.4 is 16.0 Å². The van der Waals surface area contributed by atoms with Crippen LogP contribution in [0.25, 0.3) is 27.7 Å². The first-order valence-electron chi connectivity index (χ1n) is 13.4. The van der Waals surface area contributed by atoms with Crippen molar-refractivity contribution >= 4 is 34.0 Å². The summed E-state index contributed by atoms with van der Waals surface area (Å²) < 4.78 is 1.84. The smallest absolute Gasteiger partial charge is 0.230 e. The molecule has 38 heavy (non-hydrogen) atoms. The van der Waals surface area contributed by atoms with Gasteiger partial charge in [0.15, 0.2) is 5.65 Å². The third kappa shape index (κ3) is 4.51. The molecule has 0 radical (unpaired) electrons. The molecule has 0 atom stereocenters. The summed E-state index contributed by atoms with van der Waals surface area (Å²) in [5.74, 6) is 2.53. The Hall–Kier alpha value is -4.20. The summed E-state index contributed by atoms with van der Waals surface area (Å²) in [5.41, 5.74) is 11.9. The number of hydrogen-bond acceptors (Lipinski definition) is 7. The van der Waals surface area contributed by atoms with Crippen molar-refractivity contribution in [2.45, 2.75) is 46.1 Å². The maximum Gasteiger partial charge on any atom is 0.230 e. The highest BCUT2D eigenvalue weighted by Gasteiger charge is 2.22. The Bertz CT molecular complexity index is 1600. The molecule has 3 N–H and O–H groups in total. The van der Waals surface area contributed by atoms with Crippen molar-refractivity contribution in [2.75, 3.05) is 29.0 Å². The van der Waals surface area contributed by atoms with Crippen LogP contribution in [0, 0.1) is 5.92 Å². The molecule has 5 aromatic rings. The lowest BCUT2D eigenvalue weighted by atomic mass is 9.99. The van der Waals surface area contributed by atoms with E-state index in [1.165, 1.54) is 0 Å². The molecule has 0 aliphatic carbocycles. The van der Waals surface area contributed by atoms with Crippen LogP contribution in [0.2, 0.25) is 0 Å². The van der Waals surface area contributed by atoms with Gasteiger partial charge >= 0.3 is 0 Å². The number of benzene rings is 2. The summed E-state index contributed by atoms with van der Waals surface area (Å²) >= 11 is 0. The normalized spacial score (nSPS) is 14.6. The van der Waals surface area contributed by atoms with Crippen LogP contribution in [0.3, 0.4) is 0 Å². The minimum Gasteiger partial charge on any atom is -0.399 e. The molecule has 8 nitrogen and oxygen atoms in total. The number of nitrogens with one attached hydrogen (secondary N) is 1. The second-order valence-electron chi connectivity index (χ2n) is 10.7. The van der Waals surface area contributed by atoms with E-state index in [-0.39, 0.29) is 0 Å². The van der Waals surface area contributed by atoms with Crippen LogP contribution >= 0.6 is 0 Å². The van der Waals surface area contributed by atoms with Gasteiger partial charge in [0.1, 0.15) is 0 Å². The van der Waals surface area contributed by atoms with Gasteiger partial charge in [-0.1, -0.05) is 51.1 Å². The molecule has 1 aliphatic rings. The van der Waals surface area contributed by atoms with Gasteiger partial charge < -0.3 is 16.0 Å². The molecule has 1 fully saturated rings. The second kappa shape index (κ2) is 9.93. The molecule has 0 spiro atoms. The highest BCUT2D eigenvalue weighted by molar-refractivity contribution is 5.96. The molecule has 194 valence electrons. The van der Waals surface area contributed by atoms with Crippen molar-refractivity contribution in [3.8, 4) is 11.3 Å². The van der Waals surface area contributed by atoms with E-state index in [0.717, 1.165) is 82.3 Å². The fraction of sp³-hybridized carbons (Fsp3) is 0.333. The zero-order valence-corrected chi connectivity index (χ0v) is 22.2. The molecule has 0 unspecified atom stereocenters. The second-order valence-corrected chi connectivity index (χ2v) is 10.7. The maximum absolute atomic E-state index is 6.04. The fourth-order valence-corrected chi connectivity index (χ4v) is 5.25. The summed E-state index contributed by atoms with van der Waals surface area (Å²) in [4.78, 5) is 17.0. The SMILES string of the molecule is CC1CCN(c2nc(NCc3ccccc3-c3nccc4cc(N)ccc34)n3ncc(C(C)C)c3n2)CC1. The molecular weight excluding hydrogens is 472 g/mol. The largest absolute Gasteiger partial charge is 0.399 e.